The van der Waals surface area contributed by atoms with Crippen molar-refractivity contribution in [2.75, 3.05) is 31.7 Å². The molecule has 2 atom stereocenters. The molecule has 0 aliphatic carbocycles. The van der Waals surface area contributed by atoms with E-state index in [9.17, 15) is 9.59 Å². The fourth-order valence-corrected chi connectivity index (χ4v) is 4.23. The normalized spacial score (nSPS) is 19.2. The minimum Gasteiger partial charge on any atom is -0.462 e. The monoisotopic (exact) mass is 421 g/mol. The highest BCUT2D eigenvalue weighted by Crippen LogP contribution is 2.27. The Bertz CT molecular complexity index is 865. The maximum atomic E-state index is 12.6. The van der Waals surface area contributed by atoms with E-state index in [0.29, 0.717) is 36.8 Å². The summed E-state index contributed by atoms with van der Waals surface area (Å²) in [4.78, 5) is 38.8. The molecule has 0 saturated carbocycles. The van der Waals surface area contributed by atoms with Gasteiger partial charge in [0.2, 0.25) is 0 Å². The van der Waals surface area contributed by atoms with Crippen molar-refractivity contribution >= 4 is 28.3 Å². The highest BCUT2D eigenvalue weighted by Gasteiger charge is 2.32. The van der Waals surface area contributed by atoms with Crippen LogP contribution in [0.1, 0.15) is 51.9 Å². The number of carbonyl (C=O) groups is 2. The predicted octanol–water partition coefficient (Wildman–Crippen LogP) is 1.94. The Hall–Kier alpha value is -2.46. The van der Waals surface area contributed by atoms with Crippen molar-refractivity contribution in [3.05, 3.63) is 28.3 Å². The Kier molecular flexibility index (Phi) is 6.86. The molecule has 0 bridgehead atoms. The largest absolute Gasteiger partial charge is 0.462 e. The summed E-state index contributed by atoms with van der Waals surface area (Å²) in [6.07, 6.45) is 2.80. The Labute approximate surface area is 173 Å². The number of ether oxygens (including phenoxy) is 2. The van der Waals surface area contributed by atoms with Crippen molar-refractivity contribution in [1.29, 1.82) is 0 Å². The van der Waals surface area contributed by atoms with Gasteiger partial charge in [0, 0.05) is 25.9 Å². The number of aromatic nitrogens is 3. The molecule has 1 aliphatic heterocycles. The maximum absolute atomic E-state index is 12.6. The first-order chi connectivity index (χ1) is 14.0. The van der Waals surface area contributed by atoms with E-state index < -0.39 is 0 Å². The molecular formula is C19H27N5O4S. The second-order valence-electron chi connectivity index (χ2n) is 6.83. The average molecular weight is 422 g/mol. The van der Waals surface area contributed by atoms with E-state index in [1.54, 1.807) is 14.0 Å². The fourth-order valence-electron chi connectivity index (χ4n) is 3.39. The zero-order chi connectivity index (χ0) is 21.0. The molecule has 1 fully saturated rings. The van der Waals surface area contributed by atoms with Crippen molar-refractivity contribution in [2.24, 2.45) is 0 Å². The summed E-state index contributed by atoms with van der Waals surface area (Å²) in [6, 6.07) is -0.135. The number of methoxy groups -OCH3 is 1. The third-order valence-electron chi connectivity index (χ3n) is 4.95. The van der Waals surface area contributed by atoms with Gasteiger partial charge in [0.25, 0.3) is 5.91 Å². The molecule has 0 unspecified atom stereocenters. The molecular weight excluding hydrogens is 394 g/mol. The predicted molar refractivity (Wildman–Crippen MR) is 110 cm³/mol. The van der Waals surface area contributed by atoms with Gasteiger partial charge in [-0.15, -0.1) is 0 Å². The first-order valence-corrected chi connectivity index (χ1v) is 10.5. The molecule has 29 heavy (non-hydrogen) atoms. The summed E-state index contributed by atoms with van der Waals surface area (Å²) < 4.78 is 10.7. The van der Waals surface area contributed by atoms with Crippen LogP contribution in [-0.2, 0) is 15.9 Å². The number of nitrogens with one attached hydrogen (secondary N) is 2. The average Bonchev–Trinajstić information content (AvgIpc) is 3.35. The third kappa shape index (κ3) is 4.76. The highest BCUT2D eigenvalue weighted by atomic mass is 32.1. The summed E-state index contributed by atoms with van der Waals surface area (Å²) in [6.45, 7) is 7.28. The van der Waals surface area contributed by atoms with Crippen LogP contribution in [0.3, 0.4) is 0 Å². The van der Waals surface area contributed by atoms with Gasteiger partial charge < -0.3 is 24.7 Å². The van der Waals surface area contributed by atoms with E-state index in [1.807, 2.05) is 13.8 Å². The second-order valence-corrected chi connectivity index (χ2v) is 7.84. The van der Waals surface area contributed by atoms with Gasteiger partial charge in [0.05, 0.1) is 30.6 Å². The molecule has 3 rings (SSSR count). The van der Waals surface area contributed by atoms with Crippen molar-refractivity contribution in [3.8, 4) is 0 Å². The van der Waals surface area contributed by atoms with Gasteiger partial charge in [-0.1, -0.05) is 18.3 Å². The molecule has 1 saturated heterocycles. The van der Waals surface area contributed by atoms with Crippen molar-refractivity contribution in [2.45, 2.75) is 45.8 Å². The van der Waals surface area contributed by atoms with Crippen LogP contribution in [0, 0.1) is 6.92 Å². The molecule has 10 heteroatoms. The van der Waals surface area contributed by atoms with E-state index in [0.717, 1.165) is 22.9 Å². The van der Waals surface area contributed by atoms with Gasteiger partial charge in [-0.05, 0) is 26.7 Å². The molecule has 3 heterocycles. The number of amides is 1. The number of hydrogen-bond donors (Lipinski definition) is 2. The standard InChI is InChI=1S/C19H27N5O4S/c1-5-12-11(3)21-16(22-12)17(25)23-13-7-8-24(10-14(13)27-4)19-20-9-15(29-19)18(26)28-6-2/h9,13-14H,5-8,10H2,1-4H3,(H,21,22)(H,23,25)/t13-,14+/m1/s1. The van der Waals surface area contributed by atoms with Crippen molar-refractivity contribution in [1.82, 2.24) is 20.3 Å². The summed E-state index contributed by atoms with van der Waals surface area (Å²) in [7, 11) is 1.63. The molecule has 2 aromatic heterocycles. The van der Waals surface area contributed by atoms with Crippen LogP contribution in [0.2, 0.25) is 0 Å². The lowest BCUT2D eigenvalue weighted by molar-refractivity contribution is 0.0530. The number of esters is 1. The zero-order valence-electron chi connectivity index (χ0n) is 17.2. The van der Waals surface area contributed by atoms with E-state index in [2.05, 4.69) is 25.2 Å². The second kappa shape index (κ2) is 9.36. The Morgan fingerprint density at radius 2 is 2.21 bits per heavy atom. The number of thiazole rings is 1. The van der Waals surface area contributed by atoms with Crippen LogP contribution in [0.4, 0.5) is 5.13 Å². The SMILES string of the molecule is CCOC(=O)c1cnc(N2CC[C@@H](NC(=O)c3nc(CC)c(C)[nH]3)[C@@H](OC)C2)s1. The molecule has 1 amide bonds. The van der Waals surface area contributed by atoms with Gasteiger partial charge >= 0.3 is 5.97 Å². The Balaban J connectivity index is 1.63. The number of aryl methyl sites for hydroxylation is 2. The number of piperidine rings is 1. The minimum atomic E-state index is -0.359. The smallest absolute Gasteiger partial charge is 0.350 e. The lowest BCUT2D eigenvalue weighted by Gasteiger charge is -2.37. The van der Waals surface area contributed by atoms with Gasteiger partial charge in [0.15, 0.2) is 11.0 Å². The number of imidazole rings is 1. The first kappa shape index (κ1) is 21.3. The highest BCUT2D eigenvalue weighted by molar-refractivity contribution is 7.17. The molecule has 2 aromatic rings. The fraction of sp³-hybridized carbons (Fsp3) is 0.579. The van der Waals surface area contributed by atoms with Gasteiger partial charge in [-0.25, -0.2) is 14.8 Å². The molecule has 158 valence electrons. The van der Waals surface area contributed by atoms with Crippen molar-refractivity contribution in [3.63, 3.8) is 0 Å². The Morgan fingerprint density at radius 3 is 2.86 bits per heavy atom. The molecule has 0 aromatic carbocycles. The quantitative estimate of drug-likeness (QED) is 0.658. The van der Waals surface area contributed by atoms with E-state index in [4.69, 9.17) is 9.47 Å². The summed E-state index contributed by atoms with van der Waals surface area (Å²) in [5, 5.41) is 3.78. The molecule has 0 radical (unpaired) electrons. The number of rotatable bonds is 7. The number of nitrogens with zero attached hydrogens (tertiary/aromatic N) is 3. The number of aromatic amines is 1. The number of anilines is 1. The maximum Gasteiger partial charge on any atom is 0.350 e. The van der Waals surface area contributed by atoms with Gasteiger partial charge in [-0.3, -0.25) is 4.79 Å². The van der Waals surface area contributed by atoms with E-state index in [-0.39, 0.29) is 24.0 Å². The van der Waals surface area contributed by atoms with Crippen LogP contribution < -0.4 is 10.2 Å². The third-order valence-corrected chi connectivity index (χ3v) is 5.99. The molecule has 9 nitrogen and oxygen atoms in total. The minimum absolute atomic E-state index is 0.135. The van der Waals surface area contributed by atoms with Crippen LogP contribution >= 0.6 is 11.3 Å². The molecule has 2 N–H and O–H groups in total. The molecule has 0 spiro atoms. The van der Waals surface area contributed by atoms with Crippen molar-refractivity contribution < 1.29 is 19.1 Å². The first-order valence-electron chi connectivity index (χ1n) is 9.73. The van der Waals surface area contributed by atoms with E-state index >= 15 is 0 Å². The summed E-state index contributed by atoms with van der Waals surface area (Å²) in [5.74, 6) is -0.260. The number of hydrogen-bond acceptors (Lipinski definition) is 8. The van der Waals surface area contributed by atoms with Crippen LogP contribution in [0.15, 0.2) is 6.20 Å². The lowest BCUT2D eigenvalue weighted by Crippen LogP contribution is -2.55. The van der Waals surface area contributed by atoms with Crippen LogP contribution in [0.5, 0.6) is 0 Å². The lowest BCUT2D eigenvalue weighted by atomic mass is 10.0. The molecule has 1 aliphatic rings. The Morgan fingerprint density at radius 1 is 1.41 bits per heavy atom. The van der Waals surface area contributed by atoms with Gasteiger partial charge in [0.1, 0.15) is 4.88 Å². The zero-order valence-corrected chi connectivity index (χ0v) is 18.0. The van der Waals surface area contributed by atoms with Gasteiger partial charge in [-0.2, -0.15) is 0 Å². The topological polar surface area (TPSA) is 109 Å². The van der Waals surface area contributed by atoms with Crippen LogP contribution in [0.25, 0.3) is 0 Å². The number of carbonyl (C=O) groups excluding carboxylic acids is 2. The summed E-state index contributed by atoms with van der Waals surface area (Å²) >= 11 is 1.30. The van der Waals surface area contributed by atoms with E-state index in [1.165, 1.54) is 17.5 Å². The summed E-state index contributed by atoms with van der Waals surface area (Å²) in [5.41, 5.74) is 1.81. The number of H-pyrrole nitrogens is 1. The van der Waals surface area contributed by atoms with Crippen LogP contribution in [-0.4, -0.2) is 65.8 Å².